The van der Waals surface area contributed by atoms with Crippen LogP contribution in [-0.2, 0) is 10.9 Å². The van der Waals surface area contributed by atoms with E-state index in [0.717, 1.165) is 47.8 Å². The van der Waals surface area contributed by atoms with Crippen LogP contribution in [0.5, 0.6) is 0 Å². The Kier molecular flexibility index (Phi) is 4.54. The van der Waals surface area contributed by atoms with Crippen molar-refractivity contribution in [1.82, 2.24) is 14.8 Å². The third-order valence-corrected chi connectivity index (χ3v) is 5.47. The minimum atomic E-state index is -4.36. The van der Waals surface area contributed by atoms with Gasteiger partial charge in [-0.2, -0.15) is 18.3 Å². The molecule has 136 valence electrons. The molecule has 8 heteroatoms. The van der Waals surface area contributed by atoms with E-state index in [1.165, 1.54) is 6.07 Å². The Morgan fingerprint density at radius 1 is 1.12 bits per heavy atom. The minimum absolute atomic E-state index is 0.259. The average Bonchev–Trinajstić information content (AvgIpc) is 3.30. The maximum atomic E-state index is 13.1. The Hall–Kier alpha value is -2.19. The van der Waals surface area contributed by atoms with E-state index in [1.54, 1.807) is 23.3 Å². The number of ether oxygens (including phenoxy) is 1. The van der Waals surface area contributed by atoms with E-state index in [4.69, 9.17) is 4.74 Å². The van der Waals surface area contributed by atoms with E-state index in [9.17, 15) is 13.2 Å². The zero-order valence-electron chi connectivity index (χ0n) is 13.7. The summed E-state index contributed by atoms with van der Waals surface area (Å²) in [4.78, 5) is 3.91. The Morgan fingerprint density at radius 3 is 2.58 bits per heavy atom. The lowest BCUT2D eigenvalue weighted by atomic mass is 10.1. The van der Waals surface area contributed by atoms with Crippen LogP contribution in [0.25, 0.3) is 21.7 Å². The Balaban J connectivity index is 1.84. The molecule has 1 aliphatic rings. The van der Waals surface area contributed by atoms with Crippen molar-refractivity contribution < 1.29 is 17.9 Å². The minimum Gasteiger partial charge on any atom is -0.356 e. The molecule has 0 spiro atoms. The molecule has 4 rings (SSSR count). The molecule has 1 atom stereocenters. The van der Waals surface area contributed by atoms with Gasteiger partial charge in [-0.05, 0) is 49.1 Å². The highest BCUT2D eigenvalue weighted by atomic mass is 32.1. The van der Waals surface area contributed by atoms with Crippen molar-refractivity contribution in [3.63, 3.8) is 0 Å². The lowest BCUT2D eigenvalue weighted by Crippen LogP contribution is -2.19. The smallest absolute Gasteiger partial charge is 0.356 e. The summed E-state index contributed by atoms with van der Waals surface area (Å²) in [7, 11) is 0. The van der Waals surface area contributed by atoms with Gasteiger partial charge in [0.15, 0.2) is 6.23 Å². The molecular weight excluding hydrogens is 363 g/mol. The van der Waals surface area contributed by atoms with Crippen molar-refractivity contribution in [2.75, 3.05) is 6.61 Å². The number of hydrogen-bond donors (Lipinski definition) is 0. The number of hydrogen-bond acceptors (Lipinski definition) is 4. The van der Waals surface area contributed by atoms with Crippen LogP contribution in [0.4, 0.5) is 13.2 Å². The molecule has 0 radical (unpaired) electrons. The quantitative estimate of drug-likeness (QED) is 0.612. The second kappa shape index (κ2) is 6.85. The lowest BCUT2D eigenvalue weighted by Gasteiger charge is -2.24. The number of thiophene rings is 1. The molecule has 4 nitrogen and oxygen atoms in total. The molecule has 0 saturated carbocycles. The Morgan fingerprint density at radius 2 is 1.92 bits per heavy atom. The third kappa shape index (κ3) is 3.26. The van der Waals surface area contributed by atoms with Crippen molar-refractivity contribution in [2.45, 2.75) is 31.7 Å². The predicted molar refractivity (Wildman–Crippen MR) is 92.6 cm³/mol. The fourth-order valence-corrected chi connectivity index (χ4v) is 4.03. The first kappa shape index (κ1) is 17.2. The van der Waals surface area contributed by atoms with Crippen LogP contribution < -0.4 is 0 Å². The maximum absolute atomic E-state index is 13.1. The summed E-state index contributed by atoms with van der Waals surface area (Å²) in [6.45, 7) is 0.632. The normalized spacial score (nSPS) is 18.2. The largest absolute Gasteiger partial charge is 0.425 e. The molecule has 0 bridgehead atoms. The zero-order valence-corrected chi connectivity index (χ0v) is 14.6. The Bertz CT molecular complexity index is 883. The van der Waals surface area contributed by atoms with Gasteiger partial charge >= 0.3 is 6.18 Å². The summed E-state index contributed by atoms with van der Waals surface area (Å²) in [6, 6.07) is 6.28. The van der Waals surface area contributed by atoms with Crippen LogP contribution in [0, 0.1) is 0 Å². The summed E-state index contributed by atoms with van der Waals surface area (Å²) in [5, 5.41) is 4.46. The van der Waals surface area contributed by atoms with Crippen LogP contribution >= 0.6 is 11.3 Å². The third-order valence-electron chi connectivity index (χ3n) is 4.33. The van der Waals surface area contributed by atoms with Gasteiger partial charge in [-0.25, -0.2) is 4.68 Å². The highest BCUT2D eigenvalue weighted by Gasteiger charge is 2.33. The molecule has 1 saturated heterocycles. The van der Waals surface area contributed by atoms with Crippen LogP contribution in [0.2, 0.25) is 0 Å². The summed E-state index contributed by atoms with van der Waals surface area (Å²) in [5.74, 6) is 0. The van der Waals surface area contributed by atoms with Crippen molar-refractivity contribution in [3.8, 4) is 21.7 Å². The van der Waals surface area contributed by atoms with Gasteiger partial charge < -0.3 is 4.74 Å². The van der Waals surface area contributed by atoms with Crippen LogP contribution in [-0.4, -0.2) is 21.4 Å². The molecule has 0 aliphatic carbocycles. The first-order valence-corrected chi connectivity index (χ1v) is 9.12. The van der Waals surface area contributed by atoms with Crippen LogP contribution in [0.15, 0.2) is 42.9 Å². The molecule has 0 N–H and O–H groups in total. The molecule has 26 heavy (non-hydrogen) atoms. The lowest BCUT2D eigenvalue weighted by molar-refractivity contribution is -0.134. The predicted octanol–water partition coefficient (Wildman–Crippen LogP) is 5.39. The number of pyridine rings is 1. The van der Waals surface area contributed by atoms with Crippen LogP contribution in [0.1, 0.15) is 30.4 Å². The van der Waals surface area contributed by atoms with Gasteiger partial charge in [0, 0.05) is 24.6 Å². The number of alkyl halides is 3. The van der Waals surface area contributed by atoms with Crippen molar-refractivity contribution >= 4 is 11.3 Å². The van der Waals surface area contributed by atoms with E-state index in [1.807, 2.05) is 12.1 Å². The van der Waals surface area contributed by atoms with Crippen molar-refractivity contribution in [1.29, 1.82) is 0 Å². The first-order chi connectivity index (χ1) is 12.5. The molecule has 0 aromatic carbocycles. The van der Waals surface area contributed by atoms with E-state index < -0.39 is 11.1 Å². The monoisotopic (exact) mass is 379 g/mol. The molecule has 0 amide bonds. The molecule has 4 heterocycles. The standard InChI is InChI=1S/C18H16F3N3OS/c19-18(20,21)15-5-4-14(26-15)17-13(12-6-8-22-9-7-12)11-23-24(17)16-3-1-2-10-25-16/h4-9,11,16H,1-3,10H2. The van der Waals surface area contributed by atoms with Gasteiger partial charge in [0.1, 0.15) is 4.88 Å². The Labute approximate surface area is 152 Å². The van der Waals surface area contributed by atoms with Crippen molar-refractivity contribution in [2.24, 2.45) is 0 Å². The van der Waals surface area contributed by atoms with E-state index in [0.29, 0.717) is 17.2 Å². The molecule has 1 unspecified atom stereocenters. The van der Waals surface area contributed by atoms with Gasteiger partial charge in [0.25, 0.3) is 0 Å². The van der Waals surface area contributed by atoms with Gasteiger partial charge in [-0.3, -0.25) is 4.98 Å². The van der Waals surface area contributed by atoms with E-state index >= 15 is 0 Å². The van der Waals surface area contributed by atoms with Crippen LogP contribution in [0.3, 0.4) is 0 Å². The molecule has 3 aromatic heterocycles. The summed E-state index contributed by atoms with van der Waals surface area (Å²) in [5.41, 5.74) is 2.29. The molecular formula is C18H16F3N3OS. The van der Waals surface area contributed by atoms with Crippen molar-refractivity contribution in [3.05, 3.63) is 47.7 Å². The SMILES string of the molecule is FC(F)(F)c1ccc(-c2c(-c3ccncc3)cnn2C2CCCCO2)s1. The van der Waals surface area contributed by atoms with E-state index in [-0.39, 0.29) is 6.23 Å². The highest BCUT2D eigenvalue weighted by molar-refractivity contribution is 7.15. The van der Waals surface area contributed by atoms with Gasteiger partial charge in [0.05, 0.1) is 16.8 Å². The number of nitrogens with zero attached hydrogens (tertiary/aromatic N) is 3. The summed E-state index contributed by atoms with van der Waals surface area (Å²) < 4.78 is 46.8. The topological polar surface area (TPSA) is 39.9 Å². The number of rotatable bonds is 3. The maximum Gasteiger partial charge on any atom is 0.425 e. The molecule has 1 aliphatic heterocycles. The van der Waals surface area contributed by atoms with Gasteiger partial charge in [-0.15, -0.1) is 11.3 Å². The van der Waals surface area contributed by atoms with Gasteiger partial charge in [0.2, 0.25) is 0 Å². The average molecular weight is 379 g/mol. The number of halogens is 3. The fourth-order valence-electron chi connectivity index (χ4n) is 3.10. The summed E-state index contributed by atoms with van der Waals surface area (Å²) in [6.07, 6.45) is 3.18. The number of aromatic nitrogens is 3. The second-order valence-corrected chi connectivity index (χ2v) is 7.15. The summed E-state index contributed by atoms with van der Waals surface area (Å²) >= 11 is 0.728. The van der Waals surface area contributed by atoms with E-state index in [2.05, 4.69) is 10.1 Å². The zero-order chi connectivity index (χ0) is 18.1. The first-order valence-electron chi connectivity index (χ1n) is 8.31. The van der Waals surface area contributed by atoms with Gasteiger partial charge in [-0.1, -0.05) is 0 Å². The highest BCUT2D eigenvalue weighted by Crippen LogP contribution is 2.42. The molecule has 3 aromatic rings. The fraction of sp³-hybridized carbons (Fsp3) is 0.333. The second-order valence-electron chi connectivity index (χ2n) is 6.07. The molecule has 1 fully saturated rings.